The molecule has 1 aromatic heterocycles. The summed E-state index contributed by atoms with van der Waals surface area (Å²) in [7, 11) is 0. The first kappa shape index (κ1) is 12.8. The van der Waals surface area contributed by atoms with Gasteiger partial charge >= 0.3 is 0 Å². The molecule has 5 heteroatoms. The van der Waals surface area contributed by atoms with Crippen molar-refractivity contribution in [2.45, 2.75) is 13.5 Å². The fourth-order valence-corrected chi connectivity index (χ4v) is 2.09. The third-order valence-corrected chi connectivity index (χ3v) is 3.06. The van der Waals surface area contributed by atoms with Crippen LogP contribution in [-0.4, -0.2) is 9.55 Å². The molecule has 94 valence electrons. The lowest BCUT2D eigenvalue weighted by Crippen LogP contribution is -2.02. The van der Waals surface area contributed by atoms with Gasteiger partial charge in [0.25, 0.3) is 0 Å². The first-order chi connectivity index (χ1) is 8.60. The van der Waals surface area contributed by atoms with Crippen molar-refractivity contribution in [1.29, 1.82) is 0 Å². The molecular weight excluding hydrogens is 297 g/mol. The van der Waals surface area contributed by atoms with E-state index in [1.165, 1.54) is 12.1 Å². The Morgan fingerprint density at radius 2 is 2.33 bits per heavy atom. The molecule has 0 saturated heterocycles. The van der Waals surface area contributed by atoms with Crippen molar-refractivity contribution in [3.05, 3.63) is 53.0 Å². The minimum atomic E-state index is -0.280. The van der Waals surface area contributed by atoms with Crippen LogP contribution < -0.4 is 5.32 Å². The first-order valence-corrected chi connectivity index (χ1v) is 6.26. The Bertz CT molecular complexity index is 578. The number of aryl methyl sites for hydroxylation is 1. The van der Waals surface area contributed by atoms with Gasteiger partial charge in [-0.25, -0.2) is 9.37 Å². The van der Waals surface area contributed by atoms with Gasteiger partial charge in [-0.1, -0.05) is 6.08 Å². The highest BCUT2D eigenvalue weighted by atomic mass is 79.9. The lowest BCUT2D eigenvalue weighted by Gasteiger charge is -2.09. The van der Waals surface area contributed by atoms with Crippen LogP contribution in [0.5, 0.6) is 0 Å². The van der Waals surface area contributed by atoms with Gasteiger partial charge in [0.2, 0.25) is 5.95 Å². The van der Waals surface area contributed by atoms with E-state index in [9.17, 15) is 4.39 Å². The van der Waals surface area contributed by atoms with E-state index < -0.39 is 0 Å². The summed E-state index contributed by atoms with van der Waals surface area (Å²) in [6.45, 7) is 6.30. The molecule has 3 nitrogen and oxygen atoms in total. The number of anilines is 2. The molecule has 18 heavy (non-hydrogen) atoms. The molecule has 0 bridgehead atoms. The van der Waals surface area contributed by atoms with Crippen LogP contribution in [0, 0.1) is 12.7 Å². The summed E-state index contributed by atoms with van der Waals surface area (Å²) in [5.41, 5.74) is 1.69. The Kier molecular flexibility index (Phi) is 3.81. The van der Waals surface area contributed by atoms with Gasteiger partial charge in [-0.2, -0.15) is 0 Å². The number of nitrogens with zero attached hydrogens (tertiary/aromatic N) is 2. The summed E-state index contributed by atoms with van der Waals surface area (Å²) in [5, 5.41) is 3.16. The molecule has 1 aromatic carbocycles. The first-order valence-electron chi connectivity index (χ1n) is 5.47. The van der Waals surface area contributed by atoms with Gasteiger partial charge in [0, 0.05) is 17.2 Å². The van der Waals surface area contributed by atoms with Crippen molar-refractivity contribution >= 4 is 27.6 Å². The van der Waals surface area contributed by atoms with Gasteiger partial charge in [0.1, 0.15) is 5.82 Å². The van der Waals surface area contributed by atoms with Crippen LogP contribution >= 0.6 is 15.9 Å². The smallest absolute Gasteiger partial charge is 0.207 e. The van der Waals surface area contributed by atoms with E-state index in [0.29, 0.717) is 17.0 Å². The fourth-order valence-electron chi connectivity index (χ4n) is 1.64. The molecule has 0 unspecified atom stereocenters. The molecular formula is C13H13BrFN3. The molecule has 0 spiro atoms. The summed E-state index contributed by atoms with van der Waals surface area (Å²) >= 11 is 3.32. The number of aromatic nitrogens is 2. The Morgan fingerprint density at radius 1 is 1.56 bits per heavy atom. The number of hydrogen-bond donors (Lipinski definition) is 1. The Morgan fingerprint density at radius 3 is 3.00 bits per heavy atom. The van der Waals surface area contributed by atoms with E-state index in [-0.39, 0.29) is 5.82 Å². The number of hydrogen-bond acceptors (Lipinski definition) is 2. The molecule has 0 saturated carbocycles. The van der Waals surface area contributed by atoms with Crippen molar-refractivity contribution in [2.75, 3.05) is 5.32 Å². The van der Waals surface area contributed by atoms with Crippen LogP contribution in [0.4, 0.5) is 16.0 Å². The minimum Gasteiger partial charge on any atom is -0.325 e. The Labute approximate surface area is 113 Å². The molecule has 0 radical (unpaired) electrons. The van der Waals surface area contributed by atoms with E-state index in [0.717, 1.165) is 11.4 Å². The summed E-state index contributed by atoms with van der Waals surface area (Å²) < 4.78 is 15.6. The third kappa shape index (κ3) is 2.79. The molecule has 1 heterocycles. The molecule has 0 fully saturated rings. The zero-order chi connectivity index (χ0) is 13.1. The fraction of sp³-hybridized carbons (Fsp3) is 0.154. The summed E-state index contributed by atoms with van der Waals surface area (Å²) in [5.74, 6) is 0.428. The van der Waals surface area contributed by atoms with Crippen LogP contribution in [0.1, 0.15) is 5.69 Å². The number of allylic oxidation sites excluding steroid dienone is 1. The second-order valence-corrected chi connectivity index (χ2v) is 4.75. The quantitative estimate of drug-likeness (QED) is 0.864. The van der Waals surface area contributed by atoms with E-state index >= 15 is 0 Å². The molecule has 1 N–H and O–H groups in total. The van der Waals surface area contributed by atoms with Crippen LogP contribution in [0.25, 0.3) is 0 Å². The Balaban J connectivity index is 2.30. The maximum absolute atomic E-state index is 13.0. The molecule has 2 rings (SSSR count). The van der Waals surface area contributed by atoms with Gasteiger partial charge in [0.15, 0.2) is 0 Å². The predicted octanol–water partition coefficient (Wildman–Crippen LogP) is 4.02. The summed E-state index contributed by atoms with van der Waals surface area (Å²) in [6, 6.07) is 4.48. The molecule has 0 atom stereocenters. The van der Waals surface area contributed by atoms with Crippen LogP contribution in [0.2, 0.25) is 0 Å². The van der Waals surface area contributed by atoms with Gasteiger partial charge < -0.3 is 9.88 Å². The van der Waals surface area contributed by atoms with Crippen LogP contribution in [-0.2, 0) is 6.54 Å². The summed E-state index contributed by atoms with van der Waals surface area (Å²) in [4.78, 5) is 4.38. The van der Waals surface area contributed by atoms with Crippen molar-refractivity contribution in [3.63, 3.8) is 0 Å². The van der Waals surface area contributed by atoms with Crippen molar-refractivity contribution < 1.29 is 4.39 Å². The highest BCUT2D eigenvalue weighted by Gasteiger charge is 2.07. The van der Waals surface area contributed by atoms with Gasteiger partial charge in [0.05, 0.1) is 11.4 Å². The molecule has 0 aliphatic heterocycles. The van der Waals surface area contributed by atoms with Crippen molar-refractivity contribution in [3.8, 4) is 0 Å². The lowest BCUT2D eigenvalue weighted by molar-refractivity contribution is 0.627. The molecule has 0 aliphatic rings. The van der Waals surface area contributed by atoms with Crippen molar-refractivity contribution in [2.24, 2.45) is 0 Å². The maximum atomic E-state index is 13.0. The maximum Gasteiger partial charge on any atom is 0.207 e. The zero-order valence-electron chi connectivity index (χ0n) is 9.95. The Hall–Kier alpha value is -1.62. The van der Waals surface area contributed by atoms with Gasteiger partial charge in [-0.3, -0.25) is 0 Å². The predicted molar refractivity (Wildman–Crippen MR) is 74.5 cm³/mol. The minimum absolute atomic E-state index is 0.280. The van der Waals surface area contributed by atoms with Crippen LogP contribution in [0.15, 0.2) is 41.5 Å². The zero-order valence-corrected chi connectivity index (χ0v) is 11.5. The molecule has 0 aliphatic carbocycles. The van der Waals surface area contributed by atoms with E-state index in [1.807, 2.05) is 17.7 Å². The largest absolute Gasteiger partial charge is 0.325 e. The van der Waals surface area contributed by atoms with E-state index in [2.05, 4.69) is 32.8 Å². The second kappa shape index (κ2) is 5.35. The highest BCUT2D eigenvalue weighted by Crippen LogP contribution is 2.26. The van der Waals surface area contributed by atoms with Gasteiger partial charge in [-0.15, -0.1) is 6.58 Å². The van der Waals surface area contributed by atoms with E-state index in [1.54, 1.807) is 12.1 Å². The monoisotopic (exact) mass is 309 g/mol. The third-order valence-electron chi connectivity index (χ3n) is 2.40. The normalized spacial score (nSPS) is 10.4. The average molecular weight is 310 g/mol. The number of imidazole rings is 1. The van der Waals surface area contributed by atoms with Crippen LogP contribution in [0.3, 0.4) is 0 Å². The number of benzene rings is 1. The SMILES string of the molecule is C=CCn1cc(C)nc1Nc1ccc(F)cc1Br. The number of rotatable bonds is 4. The molecule has 0 amide bonds. The van der Waals surface area contributed by atoms with Gasteiger partial charge in [-0.05, 0) is 41.1 Å². The topological polar surface area (TPSA) is 29.9 Å². The van der Waals surface area contributed by atoms with E-state index in [4.69, 9.17) is 0 Å². The second-order valence-electron chi connectivity index (χ2n) is 3.90. The van der Waals surface area contributed by atoms with Crippen molar-refractivity contribution in [1.82, 2.24) is 9.55 Å². The summed E-state index contributed by atoms with van der Waals surface area (Å²) in [6.07, 6.45) is 3.73. The standard InChI is InChI=1S/C13H13BrFN3/c1-3-6-18-8-9(2)16-13(18)17-12-5-4-10(15)7-11(12)14/h3-5,7-8H,1,6H2,2H3,(H,16,17). The number of nitrogens with one attached hydrogen (secondary N) is 1. The number of halogens is 2. The highest BCUT2D eigenvalue weighted by molar-refractivity contribution is 9.10. The molecule has 2 aromatic rings. The average Bonchev–Trinajstić information content (AvgIpc) is 2.64. The lowest BCUT2D eigenvalue weighted by atomic mass is 10.3.